The molecule has 3 nitrogen and oxygen atoms in total. The predicted octanol–water partition coefficient (Wildman–Crippen LogP) is 2.15. The van der Waals surface area contributed by atoms with Crippen molar-refractivity contribution in [1.82, 2.24) is 5.32 Å². The highest BCUT2D eigenvalue weighted by molar-refractivity contribution is 7.14. The molecule has 1 aliphatic carbocycles. The number of rotatable bonds is 3. The fourth-order valence-electron chi connectivity index (χ4n) is 2.13. The molecule has 0 aliphatic heterocycles. The zero-order valence-electron chi connectivity index (χ0n) is 10.5. The summed E-state index contributed by atoms with van der Waals surface area (Å²) in [6, 6.07) is 3.62. The number of hydrogen-bond donors (Lipinski definition) is 2. The molecule has 0 unspecified atom stereocenters. The van der Waals surface area contributed by atoms with E-state index in [-0.39, 0.29) is 18.1 Å². The van der Waals surface area contributed by atoms with Crippen molar-refractivity contribution in [3.05, 3.63) is 21.9 Å². The SMILES string of the molecule is CCC1(NC(=O)c2ccc(C#CCO)s2)CCC1. The highest BCUT2D eigenvalue weighted by Gasteiger charge is 2.36. The van der Waals surface area contributed by atoms with Crippen LogP contribution in [0.5, 0.6) is 0 Å². The third-order valence-corrected chi connectivity index (χ3v) is 4.49. The fraction of sp³-hybridized carbons (Fsp3) is 0.500. The normalized spacial score (nSPS) is 16.3. The lowest BCUT2D eigenvalue weighted by molar-refractivity contribution is 0.0824. The van der Waals surface area contributed by atoms with Gasteiger partial charge >= 0.3 is 0 Å². The molecule has 0 atom stereocenters. The topological polar surface area (TPSA) is 49.3 Å². The molecule has 1 aromatic heterocycles. The zero-order valence-corrected chi connectivity index (χ0v) is 11.3. The van der Waals surface area contributed by atoms with Crippen LogP contribution in [0.3, 0.4) is 0 Å². The first-order valence-electron chi connectivity index (χ1n) is 6.21. The van der Waals surface area contributed by atoms with Crippen molar-refractivity contribution in [2.45, 2.75) is 38.1 Å². The molecule has 0 radical (unpaired) electrons. The van der Waals surface area contributed by atoms with E-state index in [0.29, 0.717) is 4.88 Å². The Bertz CT molecular complexity index is 486. The van der Waals surface area contributed by atoms with E-state index in [1.54, 1.807) is 6.07 Å². The maximum absolute atomic E-state index is 12.1. The van der Waals surface area contributed by atoms with E-state index < -0.39 is 0 Å². The second-order valence-electron chi connectivity index (χ2n) is 4.57. The molecule has 0 spiro atoms. The first-order valence-corrected chi connectivity index (χ1v) is 7.03. The molecule has 0 saturated heterocycles. The first kappa shape index (κ1) is 13.1. The van der Waals surface area contributed by atoms with Crippen LogP contribution in [0.15, 0.2) is 12.1 Å². The highest BCUT2D eigenvalue weighted by Crippen LogP contribution is 2.35. The molecule has 18 heavy (non-hydrogen) atoms. The lowest BCUT2D eigenvalue weighted by Gasteiger charge is -2.41. The molecule has 1 amide bonds. The number of aliphatic hydroxyl groups is 1. The molecule has 1 aliphatic rings. The molecular formula is C14H17NO2S. The number of amides is 1. The van der Waals surface area contributed by atoms with Gasteiger partial charge in [0.15, 0.2) is 0 Å². The maximum atomic E-state index is 12.1. The van der Waals surface area contributed by atoms with Crippen LogP contribution >= 0.6 is 11.3 Å². The Balaban J connectivity index is 2.03. The van der Waals surface area contributed by atoms with Crippen LogP contribution in [0, 0.1) is 11.8 Å². The van der Waals surface area contributed by atoms with Crippen molar-refractivity contribution in [3.8, 4) is 11.8 Å². The maximum Gasteiger partial charge on any atom is 0.261 e. The van der Waals surface area contributed by atoms with Crippen molar-refractivity contribution in [3.63, 3.8) is 0 Å². The molecule has 2 N–H and O–H groups in total. The van der Waals surface area contributed by atoms with E-state index in [1.807, 2.05) is 6.07 Å². The Labute approximate surface area is 111 Å². The van der Waals surface area contributed by atoms with Gasteiger partial charge in [0.25, 0.3) is 5.91 Å². The van der Waals surface area contributed by atoms with Crippen LogP contribution in [-0.2, 0) is 0 Å². The summed E-state index contributed by atoms with van der Waals surface area (Å²) in [6.07, 6.45) is 4.35. The van der Waals surface area contributed by atoms with Crippen LogP contribution in [0.1, 0.15) is 47.2 Å². The lowest BCUT2D eigenvalue weighted by Crippen LogP contribution is -2.52. The molecule has 1 heterocycles. The molecular weight excluding hydrogens is 246 g/mol. The number of thiophene rings is 1. The van der Waals surface area contributed by atoms with Crippen LogP contribution < -0.4 is 5.32 Å². The average molecular weight is 263 g/mol. The third kappa shape index (κ3) is 2.74. The van der Waals surface area contributed by atoms with Gasteiger partial charge in [-0.1, -0.05) is 18.8 Å². The van der Waals surface area contributed by atoms with E-state index in [2.05, 4.69) is 24.1 Å². The van der Waals surface area contributed by atoms with Gasteiger partial charge in [0, 0.05) is 5.54 Å². The van der Waals surface area contributed by atoms with Gasteiger partial charge in [0.05, 0.1) is 9.75 Å². The van der Waals surface area contributed by atoms with E-state index in [1.165, 1.54) is 17.8 Å². The van der Waals surface area contributed by atoms with Crippen molar-refractivity contribution in [2.75, 3.05) is 6.61 Å². The summed E-state index contributed by atoms with van der Waals surface area (Å²) >= 11 is 1.37. The Morgan fingerprint density at radius 3 is 2.89 bits per heavy atom. The Hall–Kier alpha value is -1.31. The molecule has 1 aromatic rings. The minimum Gasteiger partial charge on any atom is -0.384 e. The molecule has 4 heteroatoms. The van der Waals surface area contributed by atoms with Gasteiger partial charge in [-0.15, -0.1) is 11.3 Å². The second-order valence-corrected chi connectivity index (χ2v) is 5.65. The summed E-state index contributed by atoms with van der Waals surface area (Å²) in [4.78, 5) is 13.6. The Kier molecular flexibility index (Phi) is 4.05. The first-order chi connectivity index (χ1) is 8.69. The van der Waals surface area contributed by atoms with Gasteiger partial charge in [-0.3, -0.25) is 4.79 Å². The monoisotopic (exact) mass is 263 g/mol. The summed E-state index contributed by atoms with van der Waals surface area (Å²) in [5.41, 5.74) is 0.0258. The summed E-state index contributed by atoms with van der Waals surface area (Å²) in [7, 11) is 0. The smallest absolute Gasteiger partial charge is 0.261 e. The van der Waals surface area contributed by atoms with Gasteiger partial charge in [0.2, 0.25) is 0 Å². The summed E-state index contributed by atoms with van der Waals surface area (Å²) in [6.45, 7) is 1.96. The van der Waals surface area contributed by atoms with E-state index >= 15 is 0 Å². The van der Waals surface area contributed by atoms with Crippen molar-refractivity contribution >= 4 is 17.2 Å². The summed E-state index contributed by atoms with van der Waals surface area (Å²) < 4.78 is 0. The standard InChI is InChI=1S/C14H17NO2S/c1-2-14(8-4-9-14)15-13(17)12-7-6-11(18-12)5-3-10-16/h6-7,16H,2,4,8-10H2,1H3,(H,15,17). The number of carbonyl (C=O) groups is 1. The van der Waals surface area contributed by atoms with E-state index in [9.17, 15) is 4.79 Å². The van der Waals surface area contributed by atoms with Gasteiger partial charge in [-0.25, -0.2) is 0 Å². The molecule has 1 fully saturated rings. The van der Waals surface area contributed by atoms with Crippen LogP contribution in [0.25, 0.3) is 0 Å². The summed E-state index contributed by atoms with van der Waals surface area (Å²) in [5, 5.41) is 11.8. The summed E-state index contributed by atoms with van der Waals surface area (Å²) in [5.74, 6) is 5.39. The van der Waals surface area contributed by atoms with Gasteiger partial charge in [-0.2, -0.15) is 0 Å². The average Bonchev–Trinajstić information content (AvgIpc) is 2.80. The van der Waals surface area contributed by atoms with E-state index in [0.717, 1.165) is 24.1 Å². The predicted molar refractivity (Wildman–Crippen MR) is 72.6 cm³/mol. The van der Waals surface area contributed by atoms with E-state index in [4.69, 9.17) is 5.11 Å². The minimum absolute atomic E-state index is 0.00130. The number of aliphatic hydroxyl groups excluding tert-OH is 1. The molecule has 0 aromatic carbocycles. The van der Waals surface area contributed by atoms with Crippen molar-refractivity contribution in [2.24, 2.45) is 0 Å². The Morgan fingerprint density at radius 2 is 2.33 bits per heavy atom. The molecule has 2 rings (SSSR count). The van der Waals surface area contributed by atoms with Gasteiger partial charge < -0.3 is 10.4 Å². The van der Waals surface area contributed by atoms with Crippen LogP contribution in [0.4, 0.5) is 0 Å². The van der Waals surface area contributed by atoms with Crippen LogP contribution in [0.2, 0.25) is 0 Å². The fourth-order valence-corrected chi connectivity index (χ4v) is 2.90. The number of carbonyl (C=O) groups excluding carboxylic acids is 1. The molecule has 1 saturated carbocycles. The molecule has 96 valence electrons. The number of nitrogens with one attached hydrogen (secondary N) is 1. The van der Waals surface area contributed by atoms with Gasteiger partial charge in [-0.05, 0) is 37.8 Å². The quantitative estimate of drug-likeness (QED) is 0.821. The highest BCUT2D eigenvalue weighted by atomic mass is 32.1. The minimum atomic E-state index is -0.154. The van der Waals surface area contributed by atoms with Crippen LogP contribution in [-0.4, -0.2) is 23.2 Å². The third-order valence-electron chi connectivity index (χ3n) is 3.49. The second kappa shape index (κ2) is 5.55. The largest absolute Gasteiger partial charge is 0.384 e. The molecule has 0 bridgehead atoms. The van der Waals surface area contributed by atoms with Crippen molar-refractivity contribution < 1.29 is 9.90 Å². The van der Waals surface area contributed by atoms with Crippen molar-refractivity contribution in [1.29, 1.82) is 0 Å². The van der Waals surface area contributed by atoms with Gasteiger partial charge in [0.1, 0.15) is 6.61 Å². The zero-order chi connectivity index (χ0) is 13.0. The lowest BCUT2D eigenvalue weighted by atomic mass is 9.75. The number of hydrogen-bond acceptors (Lipinski definition) is 3. The Morgan fingerprint density at radius 1 is 1.56 bits per heavy atom.